The number of thioether (sulfide) groups is 1. The molecule has 160 valence electrons. The predicted molar refractivity (Wildman–Crippen MR) is 128 cm³/mol. The van der Waals surface area contributed by atoms with E-state index in [1.807, 2.05) is 24.6 Å². The van der Waals surface area contributed by atoms with Crippen LogP contribution in [0.4, 0.5) is 0 Å². The molecule has 4 rings (SSSR count). The van der Waals surface area contributed by atoms with E-state index in [0.717, 1.165) is 33.2 Å². The summed E-state index contributed by atoms with van der Waals surface area (Å²) in [5.41, 5.74) is 5.96. The molecule has 2 aromatic heterocycles. The van der Waals surface area contributed by atoms with Crippen LogP contribution in [0.1, 0.15) is 41.2 Å². The maximum atomic E-state index is 6.11. The number of nitrogens with zero attached hydrogens (tertiary/aromatic N) is 4. The fraction of sp³-hybridized carbons (Fsp3) is 0.292. The molecule has 5 nitrogen and oxygen atoms in total. The van der Waals surface area contributed by atoms with Crippen molar-refractivity contribution in [1.29, 1.82) is 0 Å². The van der Waals surface area contributed by atoms with Gasteiger partial charge in [-0.1, -0.05) is 42.1 Å². The average Bonchev–Trinajstić information content (AvgIpc) is 3.36. The molecule has 0 aliphatic rings. The van der Waals surface area contributed by atoms with E-state index in [1.54, 1.807) is 23.1 Å². The molecule has 31 heavy (non-hydrogen) atoms. The van der Waals surface area contributed by atoms with Gasteiger partial charge in [-0.3, -0.25) is 0 Å². The summed E-state index contributed by atoms with van der Waals surface area (Å²) in [7, 11) is 1.98. The van der Waals surface area contributed by atoms with Gasteiger partial charge in [-0.25, -0.2) is 4.98 Å². The van der Waals surface area contributed by atoms with Gasteiger partial charge in [0.25, 0.3) is 0 Å². The zero-order chi connectivity index (χ0) is 22.0. The van der Waals surface area contributed by atoms with E-state index in [9.17, 15) is 0 Å². The van der Waals surface area contributed by atoms with Crippen LogP contribution < -0.4 is 4.74 Å². The minimum Gasteiger partial charge on any atom is -0.483 e. The summed E-state index contributed by atoms with van der Waals surface area (Å²) in [5, 5.41) is 12.8. The van der Waals surface area contributed by atoms with Gasteiger partial charge in [-0.05, 0) is 56.5 Å². The first kappa shape index (κ1) is 21.6. The number of hydrogen-bond acceptors (Lipinski definition) is 6. The molecule has 0 bridgehead atoms. The minimum absolute atomic E-state index is 0.194. The second-order valence-electron chi connectivity index (χ2n) is 7.65. The molecule has 0 radical (unpaired) electrons. The van der Waals surface area contributed by atoms with Crippen molar-refractivity contribution in [3.8, 4) is 16.3 Å². The maximum Gasteiger partial charge on any atom is 0.191 e. The third kappa shape index (κ3) is 4.83. The van der Waals surface area contributed by atoms with E-state index in [-0.39, 0.29) is 6.10 Å². The van der Waals surface area contributed by atoms with Crippen molar-refractivity contribution in [1.82, 2.24) is 19.7 Å². The number of rotatable bonds is 7. The molecule has 0 aliphatic carbocycles. The van der Waals surface area contributed by atoms with Crippen LogP contribution in [0.25, 0.3) is 10.6 Å². The Kier molecular flexibility index (Phi) is 6.43. The first-order valence-electron chi connectivity index (χ1n) is 10.2. The second-order valence-corrected chi connectivity index (χ2v) is 9.45. The Bertz CT molecular complexity index is 1200. The van der Waals surface area contributed by atoms with E-state index in [0.29, 0.717) is 0 Å². The molecule has 4 aromatic rings. The van der Waals surface area contributed by atoms with Gasteiger partial charge >= 0.3 is 0 Å². The molecule has 2 heterocycles. The Morgan fingerprint density at radius 1 is 1.03 bits per heavy atom. The Labute approximate surface area is 191 Å². The van der Waals surface area contributed by atoms with Gasteiger partial charge in [0.15, 0.2) is 17.1 Å². The molecule has 0 saturated heterocycles. The van der Waals surface area contributed by atoms with Crippen molar-refractivity contribution in [2.45, 2.75) is 44.7 Å². The molecule has 0 spiro atoms. The second kappa shape index (κ2) is 9.24. The molecule has 0 N–H and O–H groups in total. The lowest BCUT2D eigenvalue weighted by Crippen LogP contribution is -2.10. The Hall–Kier alpha value is -2.64. The van der Waals surface area contributed by atoms with Gasteiger partial charge in [-0.2, -0.15) is 0 Å². The molecule has 0 aliphatic heterocycles. The highest BCUT2D eigenvalue weighted by Crippen LogP contribution is 2.30. The van der Waals surface area contributed by atoms with E-state index in [2.05, 4.69) is 72.7 Å². The first-order chi connectivity index (χ1) is 14.9. The van der Waals surface area contributed by atoms with Crippen LogP contribution in [0.15, 0.2) is 53.0 Å². The lowest BCUT2D eigenvalue weighted by Gasteiger charge is -2.15. The van der Waals surface area contributed by atoms with Gasteiger partial charge in [0.05, 0.1) is 5.69 Å². The summed E-state index contributed by atoms with van der Waals surface area (Å²) in [4.78, 5) is 4.81. The zero-order valence-corrected chi connectivity index (χ0v) is 20.0. The van der Waals surface area contributed by atoms with Gasteiger partial charge in [0.2, 0.25) is 0 Å². The smallest absolute Gasteiger partial charge is 0.191 e. The highest BCUT2D eigenvalue weighted by molar-refractivity contribution is 7.98. The predicted octanol–water partition coefficient (Wildman–Crippen LogP) is 6.30. The summed E-state index contributed by atoms with van der Waals surface area (Å²) in [6, 6.07) is 14.5. The Morgan fingerprint density at radius 2 is 1.84 bits per heavy atom. The molecule has 2 aromatic carbocycles. The summed E-state index contributed by atoms with van der Waals surface area (Å²) >= 11 is 3.32. The highest BCUT2D eigenvalue weighted by atomic mass is 32.2. The third-order valence-corrected chi connectivity index (χ3v) is 7.28. The molecule has 1 unspecified atom stereocenters. The number of aromatic nitrogens is 4. The van der Waals surface area contributed by atoms with Gasteiger partial charge in [-0.15, -0.1) is 21.5 Å². The van der Waals surface area contributed by atoms with E-state index in [4.69, 9.17) is 9.72 Å². The highest BCUT2D eigenvalue weighted by Gasteiger charge is 2.18. The van der Waals surface area contributed by atoms with Crippen LogP contribution >= 0.6 is 23.1 Å². The molecule has 0 fully saturated rings. The van der Waals surface area contributed by atoms with Crippen molar-refractivity contribution in [2.75, 3.05) is 0 Å². The molecule has 0 amide bonds. The zero-order valence-electron chi connectivity index (χ0n) is 18.4. The van der Waals surface area contributed by atoms with Crippen LogP contribution in [0.3, 0.4) is 0 Å². The maximum absolute atomic E-state index is 6.11. The van der Waals surface area contributed by atoms with Gasteiger partial charge < -0.3 is 9.30 Å². The molecular formula is C24H26N4OS2. The van der Waals surface area contributed by atoms with Crippen molar-refractivity contribution in [3.05, 3.63) is 76.1 Å². The van der Waals surface area contributed by atoms with Crippen LogP contribution in [-0.2, 0) is 12.8 Å². The first-order valence-corrected chi connectivity index (χ1v) is 12.1. The van der Waals surface area contributed by atoms with Crippen molar-refractivity contribution >= 4 is 23.1 Å². The van der Waals surface area contributed by atoms with Gasteiger partial charge in [0, 0.05) is 23.7 Å². The number of hydrogen-bond donors (Lipinski definition) is 0. The third-order valence-electron chi connectivity index (χ3n) is 5.30. The number of thiazole rings is 1. The number of aryl methyl sites for hydroxylation is 3. The summed E-state index contributed by atoms with van der Waals surface area (Å²) in [6.45, 7) is 8.31. The summed E-state index contributed by atoms with van der Waals surface area (Å²) < 4.78 is 8.12. The summed E-state index contributed by atoms with van der Waals surface area (Å²) in [5.74, 6) is 2.40. The lowest BCUT2D eigenvalue weighted by atomic mass is 10.1. The number of ether oxygens (including phenoxy) is 1. The molecule has 0 saturated carbocycles. The fourth-order valence-corrected chi connectivity index (χ4v) is 5.12. The average molecular weight is 451 g/mol. The van der Waals surface area contributed by atoms with Gasteiger partial charge in [0.1, 0.15) is 10.8 Å². The Balaban J connectivity index is 1.42. The molecule has 1 atom stereocenters. The Morgan fingerprint density at radius 3 is 2.61 bits per heavy atom. The molecular weight excluding hydrogens is 424 g/mol. The van der Waals surface area contributed by atoms with E-state index < -0.39 is 0 Å². The fourth-order valence-electron chi connectivity index (χ4n) is 3.30. The van der Waals surface area contributed by atoms with Crippen molar-refractivity contribution < 1.29 is 4.74 Å². The van der Waals surface area contributed by atoms with E-state index in [1.165, 1.54) is 22.3 Å². The standard InChI is InChI=1S/C24H26N4OS2/c1-15-10-11-20(12-17(15)3)29-18(4)22-26-27-24(28(22)5)31-14-19-13-30-23(25-19)21-9-7-6-8-16(21)2/h6-13,18H,14H2,1-5H3. The van der Waals surface area contributed by atoms with Crippen LogP contribution in [0.2, 0.25) is 0 Å². The quantitative estimate of drug-likeness (QED) is 0.309. The topological polar surface area (TPSA) is 52.8 Å². The number of benzene rings is 2. The van der Waals surface area contributed by atoms with Crippen LogP contribution in [-0.4, -0.2) is 19.7 Å². The van der Waals surface area contributed by atoms with Crippen LogP contribution in [0.5, 0.6) is 5.75 Å². The lowest BCUT2D eigenvalue weighted by molar-refractivity contribution is 0.211. The van der Waals surface area contributed by atoms with Crippen molar-refractivity contribution in [2.24, 2.45) is 7.05 Å². The van der Waals surface area contributed by atoms with Crippen LogP contribution in [0, 0.1) is 20.8 Å². The normalized spacial score (nSPS) is 12.2. The monoisotopic (exact) mass is 450 g/mol. The van der Waals surface area contributed by atoms with Crippen molar-refractivity contribution in [3.63, 3.8) is 0 Å². The summed E-state index contributed by atoms with van der Waals surface area (Å²) in [6.07, 6.45) is -0.194. The van der Waals surface area contributed by atoms with E-state index >= 15 is 0 Å². The largest absolute Gasteiger partial charge is 0.483 e. The molecule has 7 heteroatoms. The SMILES string of the molecule is Cc1ccc(OC(C)c2nnc(SCc3csc(-c4ccccc4C)n3)n2C)cc1C. The minimum atomic E-state index is -0.194.